The van der Waals surface area contributed by atoms with Crippen LogP contribution in [0.1, 0.15) is 17.9 Å². The molecule has 102 valence electrons. The zero-order valence-corrected chi connectivity index (χ0v) is 10.8. The normalized spacial score (nSPS) is 24.1. The fourth-order valence-electron chi connectivity index (χ4n) is 2.32. The Balaban J connectivity index is 1.72. The summed E-state index contributed by atoms with van der Waals surface area (Å²) in [4.78, 5) is 11.0. The summed E-state index contributed by atoms with van der Waals surface area (Å²) in [5, 5.41) is 9.04. The van der Waals surface area contributed by atoms with E-state index in [2.05, 4.69) is 0 Å². The number of aliphatic carboxylic acids is 1. The highest BCUT2D eigenvalue weighted by Gasteiger charge is 2.58. The largest absolute Gasteiger partial charge is 0.480 e. The molecule has 4 nitrogen and oxygen atoms in total. The van der Waals surface area contributed by atoms with E-state index in [1.54, 1.807) is 0 Å². The monoisotopic (exact) mass is 269 g/mol. The van der Waals surface area contributed by atoms with Crippen LogP contribution in [0.25, 0.3) is 0 Å². The minimum atomic E-state index is -1.10. The number of para-hydroxylation sites is 1. The van der Waals surface area contributed by atoms with Crippen molar-refractivity contribution in [2.45, 2.75) is 17.9 Å². The van der Waals surface area contributed by atoms with Crippen molar-refractivity contribution in [3.8, 4) is 11.5 Å². The van der Waals surface area contributed by atoms with Gasteiger partial charge in [-0.05, 0) is 36.2 Å². The average Bonchev–Trinajstić information content (AvgIpc) is 3.15. The van der Waals surface area contributed by atoms with Gasteiger partial charge >= 0.3 is 5.97 Å². The predicted molar refractivity (Wildman–Crippen MR) is 74.9 cm³/mol. The van der Waals surface area contributed by atoms with Crippen molar-refractivity contribution in [3.05, 3.63) is 60.2 Å². The molecule has 4 heteroatoms. The maximum atomic E-state index is 11.0. The Morgan fingerprint density at radius 3 is 2.25 bits per heavy atom. The summed E-state index contributed by atoms with van der Waals surface area (Å²) in [6.07, 6.45) is 0.487. The number of rotatable bonds is 4. The molecule has 3 rings (SSSR count). The summed E-state index contributed by atoms with van der Waals surface area (Å²) < 4.78 is 5.69. The van der Waals surface area contributed by atoms with Crippen LogP contribution in [0.5, 0.6) is 11.5 Å². The second-order valence-electron chi connectivity index (χ2n) is 5.09. The fourth-order valence-corrected chi connectivity index (χ4v) is 2.32. The van der Waals surface area contributed by atoms with Gasteiger partial charge in [0, 0.05) is 5.92 Å². The van der Waals surface area contributed by atoms with Crippen LogP contribution in [0.2, 0.25) is 0 Å². The number of benzene rings is 2. The van der Waals surface area contributed by atoms with Gasteiger partial charge in [0.1, 0.15) is 17.0 Å². The molecule has 1 aliphatic rings. The van der Waals surface area contributed by atoms with E-state index in [1.165, 1.54) is 0 Å². The Hall–Kier alpha value is -2.33. The van der Waals surface area contributed by atoms with E-state index in [9.17, 15) is 4.79 Å². The standard InChI is InChI=1S/C16H15NO3/c17-16(15(18)19)10-14(16)11-6-8-13(9-7-11)20-12-4-2-1-3-5-12/h1-9,14H,10,17H2,(H,18,19). The molecule has 0 aromatic heterocycles. The summed E-state index contributed by atoms with van der Waals surface area (Å²) in [6, 6.07) is 16.9. The molecule has 2 unspecified atom stereocenters. The molecule has 20 heavy (non-hydrogen) atoms. The van der Waals surface area contributed by atoms with Gasteiger partial charge in [0.2, 0.25) is 0 Å². The molecule has 0 aliphatic heterocycles. The minimum Gasteiger partial charge on any atom is -0.480 e. The van der Waals surface area contributed by atoms with Crippen LogP contribution in [0.4, 0.5) is 0 Å². The molecule has 1 saturated carbocycles. The van der Waals surface area contributed by atoms with Gasteiger partial charge in [-0.3, -0.25) is 4.79 Å². The molecule has 0 amide bonds. The van der Waals surface area contributed by atoms with Crippen molar-refractivity contribution >= 4 is 5.97 Å². The lowest BCUT2D eigenvalue weighted by Gasteiger charge is -2.08. The highest BCUT2D eigenvalue weighted by atomic mass is 16.5. The smallest absolute Gasteiger partial charge is 0.324 e. The molecule has 1 fully saturated rings. The van der Waals surface area contributed by atoms with Gasteiger partial charge in [-0.1, -0.05) is 30.3 Å². The van der Waals surface area contributed by atoms with E-state index in [4.69, 9.17) is 15.6 Å². The first-order chi connectivity index (χ1) is 9.59. The van der Waals surface area contributed by atoms with E-state index in [0.29, 0.717) is 6.42 Å². The Morgan fingerprint density at radius 2 is 1.70 bits per heavy atom. The summed E-state index contributed by atoms with van der Waals surface area (Å²) in [6.45, 7) is 0. The third-order valence-electron chi connectivity index (χ3n) is 3.66. The Morgan fingerprint density at radius 1 is 1.10 bits per heavy atom. The van der Waals surface area contributed by atoms with E-state index in [1.807, 2.05) is 54.6 Å². The van der Waals surface area contributed by atoms with Gasteiger partial charge in [-0.25, -0.2) is 0 Å². The second-order valence-corrected chi connectivity index (χ2v) is 5.09. The quantitative estimate of drug-likeness (QED) is 0.895. The van der Waals surface area contributed by atoms with Crippen LogP contribution >= 0.6 is 0 Å². The van der Waals surface area contributed by atoms with Gasteiger partial charge in [0.15, 0.2) is 0 Å². The number of ether oxygens (including phenoxy) is 1. The average molecular weight is 269 g/mol. The topological polar surface area (TPSA) is 72.6 Å². The number of carboxylic acid groups (broad SMARTS) is 1. The van der Waals surface area contributed by atoms with Crippen LogP contribution in [-0.2, 0) is 4.79 Å². The molecule has 2 aromatic carbocycles. The fraction of sp³-hybridized carbons (Fsp3) is 0.188. The molecular formula is C16H15NO3. The van der Waals surface area contributed by atoms with Crippen LogP contribution in [-0.4, -0.2) is 16.6 Å². The molecule has 0 saturated heterocycles. The molecule has 2 aromatic rings. The first kappa shape index (κ1) is 12.7. The third-order valence-corrected chi connectivity index (χ3v) is 3.66. The van der Waals surface area contributed by atoms with Crippen LogP contribution in [0.3, 0.4) is 0 Å². The summed E-state index contributed by atoms with van der Waals surface area (Å²) in [7, 11) is 0. The molecule has 0 heterocycles. The van der Waals surface area contributed by atoms with Gasteiger partial charge in [0.05, 0.1) is 0 Å². The van der Waals surface area contributed by atoms with E-state index in [-0.39, 0.29) is 5.92 Å². The summed E-state index contributed by atoms with van der Waals surface area (Å²) in [5.74, 6) is 0.446. The lowest BCUT2D eigenvalue weighted by atomic mass is 10.1. The highest BCUT2D eigenvalue weighted by Crippen LogP contribution is 2.49. The summed E-state index contributed by atoms with van der Waals surface area (Å²) in [5.41, 5.74) is 5.64. The van der Waals surface area contributed by atoms with Crippen molar-refractivity contribution in [1.82, 2.24) is 0 Å². The van der Waals surface area contributed by atoms with Crippen LogP contribution in [0, 0.1) is 0 Å². The molecule has 0 bridgehead atoms. The highest BCUT2D eigenvalue weighted by molar-refractivity contribution is 5.84. The molecule has 0 spiro atoms. The molecule has 0 radical (unpaired) electrons. The van der Waals surface area contributed by atoms with Crippen LogP contribution in [0.15, 0.2) is 54.6 Å². The number of nitrogens with two attached hydrogens (primary N) is 1. The van der Waals surface area contributed by atoms with E-state index < -0.39 is 11.5 Å². The van der Waals surface area contributed by atoms with Gasteiger partial charge < -0.3 is 15.6 Å². The first-order valence-corrected chi connectivity index (χ1v) is 6.45. The zero-order chi connectivity index (χ0) is 14.2. The van der Waals surface area contributed by atoms with Gasteiger partial charge in [-0.15, -0.1) is 0 Å². The predicted octanol–water partition coefficient (Wildman–Crippen LogP) is 2.75. The van der Waals surface area contributed by atoms with E-state index >= 15 is 0 Å². The zero-order valence-electron chi connectivity index (χ0n) is 10.8. The van der Waals surface area contributed by atoms with Crippen molar-refractivity contribution in [1.29, 1.82) is 0 Å². The third kappa shape index (κ3) is 2.26. The maximum Gasteiger partial charge on any atom is 0.324 e. The Labute approximate surface area is 116 Å². The Kier molecular flexibility index (Phi) is 2.95. The first-order valence-electron chi connectivity index (χ1n) is 6.45. The summed E-state index contributed by atoms with van der Waals surface area (Å²) >= 11 is 0. The second kappa shape index (κ2) is 4.65. The molecule has 3 N–H and O–H groups in total. The van der Waals surface area contributed by atoms with Crippen molar-refractivity contribution < 1.29 is 14.6 Å². The van der Waals surface area contributed by atoms with Crippen molar-refractivity contribution in [2.24, 2.45) is 5.73 Å². The van der Waals surface area contributed by atoms with Crippen LogP contribution < -0.4 is 10.5 Å². The SMILES string of the molecule is NC1(C(=O)O)CC1c1ccc(Oc2ccccc2)cc1. The number of carbonyl (C=O) groups is 1. The molecular weight excluding hydrogens is 254 g/mol. The Bertz CT molecular complexity index is 624. The maximum absolute atomic E-state index is 11.0. The van der Waals surface area contributed by atoms with Gasteiger partial charge in [0.25, 0.3) is 0 Å². The number of hydrogen-bond acceptors (Lipinski definition) is 3. The molecule has 1 aliphatic carbocycles. The van der Waals surface area contributed by atoms with Crippen molar-refractivity contribution in [2.75, 3.05) is 0 Å². The van der Waals surface area contributed by atoms with Crippen molar-refractivity contribution in [3.63, 3.8) is 0 Å². The number of carboxylic acids is 1. The van der Waals surface area contributed by atoms with E-state index in [0.717, 1.165) is 17.1 Å². The molecule has 2 atom stereocenters. The minimum absolute atomic E-state index is 0.106. The lowest BCUT2D eigenvalue weighted by Crippen LogP contribution is -2.34. The lowest BCUT2D eigenvalue weighted by molar-refractivity contribution is -0.139. The van der Waals surface area contributed by atoms with Gasteiger partial charge in [-0.2, -0.15) is 0 Å². The number of hydrogen-bond donors (Lipinski definition) is 2.